The highest BCUT2D eigenvalue weighted by atomic mass is 32.2. The molecule has 0 atom stereocenters. The Morgan fingerprint density at radius 1 is 1.24 bits per heavy atom. The highest BCUT2D eigenvalue weighted by Gasteiger charge is 2.30. The number of amides is 1. The van der Waals surface area contributed by atoms with E-state index in [0.29, 0.717) is 5.56 Å². The second-order valence-electron chi connectivity index (χ2n) is 6.31. The van der Waals surface area contributed by atoms with Gasteiger partial charge in [-0.2, -0.15) is 18.3 Å². The molecule has 1 heterocycles. The second-order valence-corrected chi connectivity index (χ2v) is 7.25. The number of nitrogens with zero attached hydrogens (tertiary/aromatic N) is 5. The molecule has 1 aromatic heterocycles. The van der Waals surface area contributed by atoms with Crippen molar-refractivity contribution in [3.8, 4) is 0 Å². The first-order valence-electron chi connectivity index (χ1n) is 8.97. The number of nitrogens with one attached hydrogen (secondary N) is 2. The number of carbonyl (C=O) groups excluding carboxylic acids is 1. The topological polar surface area (TPSA) is 153 Å². The predicted molar refractivity (Wildman–Crippen MR) is 115 cm³/mol. The molecule has 0 aliphatic rings. The van der Waals surface area contributed by atoms with Crippen LogP contribution < -0.4 is 16.6 Å². The number of rotatable bonds is 8. The number of nitro benzene ring substituents is 1. The number of anilines is 2. The van der Waals surface area contributed by atoms with E-state index in [9.17, 15) is 28.1 Å². The summed E-state index contributed by atoms with van der Waals surface area (Å²) < 4.78 is 39.3. The minimum Gasteiger partial charge on any atom is -0.334 e. The van der Waals surface area contributed by atoms with Crippen LogP contribution in [0.4, 0.5) is 30.5 Å². The van der Waals surface area contributed by atoms with Crippen molar-refractivity contribution in [2.75, 3.05) is 22.3 Å². The average Bonchev–Trinajstić information content (AvgIpc) is 3.12. The summed E-state index contributed by atoms with van der Waals surface area (Å²) >= 11 is 0.913. The molecular formula is C18H15F3N8O3S. The number of thioether (sulfide) groups is 1. The summed E-state index contributed by atoms with van der Waals surface area (Å²) in [7, 11) is 0. The van der Waals surface area contributed by atoms with Crippen molar-refractivity contribution in [3.05, 3.63) is 69.8 Å². The summed E-state index contributed by atoms with van der Waals surface area (Å²) in [6.45, 7) is 0. The summed E-state index contributed by atoms with van der Waals surface area (Å²) in [5, 5.41) is 24.7. The smallest absolute Gasteiger partial charge is 0.334 e. The predicted octanol–water partition coefficient (Wildman–Crippen LogP) is 3.10. The number of hydrogen-bond acceptors (Lipinski definition) is 9. The highest BCUT2D eigenvalue weighted by Crippen LogP contribution is 2.30. The Morgan fingerprint density at radius 3 is 2.64 bits per heavy atom. The van der Waals surface area contributed by atoms with E-state index in [2.05, 4.69) is 26.0 Å². The lowest BCUT2D eigenvalue weighted by Crippen LogP contribution is -2.17. The lowest BCUT2D eigenvalue weighted by Gasteiger charge is -2.09. The van der Waals surface area contributed by atoms with Crippen molar-refractivity contribution < 1.29 is 22.9 Å². The Hall–Kier alpha value is -4.14. The van der Waals surface area contributed by atoms with Gasteiger partial charge in [0, 0.05) is 17.8 Å². The molecule has 33 heavy (non-hydrogen) atoms. The molecule has 0 unspecified atom stereocenters. The Kier molecular flexibility index (Phi) is 7.12. The normalized spacial score (nSPS) is 11.5. The van der Waals surface area contributed by atoms with Crippen LogP contribution in [0.25, 0.3) is 0 Å². The first kappa shape index (κ1) is 23.5. The monoisotopic (exact) mass is 480 g/mol. The minimum atomic E-state index is -4.52. The van der Waals surface area contributed by atoms with E-state index in [1.807, 2.05) is 0 Å². The fourth-order valence-electron chi connectivity index (χ4n) is 2.40. The minimum absolute atomic E-state index is 0.00702. The van der Waals surface area contributed by atoms with Gasteiger partial charge in [0.15, 0.2) is 0 Å². The van der Waals surface area contributed by atoms with Gasteiger partial charge in [0.05, 0.1) is 22.5 Å². The van der Waals surface area contributed by atoms with E-state index in [4.69, 9.17) is 5.84 Å². The third kappa shape index (κ3) is 6.42. The summed E-state index contributed by atoms with van der Waals surface area (Å²) in [6, 6.07) is 9.92. The summed E-state index contributed by atoms with van der Waals surface area (Å²) in [5.41, 5.74) is 2.20. The Labute approximate surface area is 188 Å². The Morgan fingerprint density at radius 2 is 1.97 bits per heavy atom. The van der Waals surface area contributed by atoms with E-state index in [1.54, 1.807) is 0 Å². The quantitative estimate of drug-likeness (QED) is 0.146. The number of hydrazone groups is 1. The number of halogens is 3. The van der Waals surface area contributed by atoms with Crippen molar-refractivity contribution in [1.29, 1.82) is 0 Å². The van der Waals surface area contributed by atoms with Crippen LogP contribution in [-0.4, -0.2) is 37.7 Å². The summed E-state index contributed by atoms with van der Waals surface area (Å²) in [6.07, 6.45) is -3.14. The number of non-ortho nitro benzene ring substituents is 1. The first-order chi connectivity index (χ1) is 15.6. The molecule has 3 aromatic rings. The van der Waals surface area contributed by atoms with Gasteiger partial charge in [-0.15, -0.1) is 10.2 Å². The van der Waals surface area contributed by atoms with Gasteiger partial charge in [0.2, 0.25) is 11.1 Å². The lowest BCUT2D eigenvalue weighted by atomic mass is 10.2. The van der Waals surface area contributed by atoms with Gasteiger partial charge in [-0.3, -0.25) is 14.9 Å². The fourth-order valence-corrected chi connectivity index (χ4v) is 3.06. The zero-order chi connectivity index (χ0) is 24.0. The standard InChI is InChI=1S/C18H15F3N8O3S/c19-18(20,21)12-2-1-3-13(8-12)24-15(30)10-33-17-27-26-16(28(17)22)25-23-9-11-4-6-14(7-5-11)29(31)32/h1-9H,10,22H2,(H,24,30)(H,25,26)/b23-9+. The molecule has 0 aliphatic heterocycles. The van der Waals surface area contributed by atoms with Crippen LogP contribution in [0, 0.1) is 10.1 Å². The SMILES string of the molecule is Nn1c(N/N=C/c2ccc([N+](=O)[O-])cc2)nnc1SCC(=O)Nc1cccc(C(F)(F)F)c1. The van der Waals surface area contributed by atoms with E-state index < -0.39 is 22.6 Å². The van der Waals surface area contributed by atoms with Gasteiger partial charge < -0.3 is 11.2 Å². The molecule has 172 valence electrons. The zero-order valence-corrected chi connectivity index (χ0v) is 17.3. The maximum absolute atomic E-state index is 12.8. The van der Waals surface area contributed by atoms with E-state index in [0.717, 1.165) is 28.6 Å². The molecule has 0 bridgehead atoms. The number of nitro groups is 1. The number of benzene rings is 2. The van der Waals surface area contributed by atoms with Gasteiger partial charge in [-0.25, -0.2) is 10.1 Å². The molecule has 0 aliphatic carbocycles. The van der Waals surface area contributed by atoms with Crippen molar-refractivity contribution in [2.24, 2.45) is 5.10 Å². The van der Waals surface area contributed by atoms with Crippen LogP contribution >= 0.6 is 11.8 Å². The van der Waals surface area contributed by atoms with Crippen molar-refractivity contribution in [3.63, 3.8) is 0 Å². The molecule has 0 spiro atoms. The van der Waals surface area contributed by atoms with E-state index >= 15 is 0 Å². The molecule has 3 rings (SSSR count). The zero-order valence-electron chi connectivity index (χ0n) is 16.5. The molecule has 0 saturated heterocycles. The highest BCUT2D eigenvalue weighted by molar-refractivity contribution is 7.99. The van der Waals surface area contributed by atoms with Gasteiger partial charge in [-0.1, -0.05) is 17.8 Å². The number of nitrogens with two attached hydrogens (primary N) is 1. The molecule has 1 amide bonds. The molecule has 2 aromatic carbocycles. The van der Waals surface area contributed by atoms with E-state index in [1.165, 1.54) is 42.6 Å². The molecule has 0 radical (unpaired) electrons. The number of alkyl halides is 3. The third-order valence-corrected chi connectivity index (χ3v) is 4.90. The lowest BCUT2D eigenvalue weighted by molar-refractivity contribution is -0.384. The molecule has 0 saturated carbocycles. The maximum atomic E-state index is 12.8. The average molecular weight is 480 g/mol. The second kappa shape index (κ2) is 9.99. The number of aromatic nitrogens is 3. The van der Waals surface area contributed by atoms with Gasteiger partial charge in [0.25, 0.3) is 11.6 Å². The van der Waals surface area contributed by atoms with Gasteiger partial charge >= 0.3 is 6.18 Å². The number of hydrogen-bond donors (Lipinski definition) is 3. The molecule has 0 fully saturated rings. The van der Waals surface area contributed by atoms with Crippen molar-refractivity contribution in [1.82, 2.24) is 14.9 Å². The molecule has 15 heteroatoms. The van der Waals surface area contributed by atoms with E-state index in [-0.39, 0.29) is 28.2 Å². The fraction of sp³-hybridized carbons (Fsp3) is 0.111. The molecule has 4 N–H and O–H groups in total. The van der Waals surface area contributed by atoms with Gasteiger partial charge in [-0.05, 0) is 35.9 Å². The molecular weight excluding hydrogens is 465 g/mol. The first-order valence-corrected chi connectivity index (χ1v) is 9.96. The van der Waals surface area contributed by atoms with Crippen LogP contribution in [0.5, 0.6) is 0 Å². The number of nitrogen functional groups attached to an aromatic ring is 1. The Balaban J connectivity index is 1.53. The van der Waals surface area contributed by atoms with Crippen LogP contribution in [0.2, 0.25) is 0 Å². The largest absolute Gasteiger partial charge is 0.416 e. The maximum Gasteiger partial charge on any atom is 0.416 e. The third-order valence-electron chi connectivity index (χ3n) is 3.95. The van der Waals surface area contributed by atoms with Crippen molar-refractivity contribution >= 4 is 41.2 Å². The number of carbonyl (C=O) groups is 1. The van der Waals surface area contributed by atoms with Crippen molar-refractivity contribution in [2.45, 2.75) is 11.3 Å². The van der Waals surface area contributed by atoms with Gasteiger partial charge in [0.1, 0.15) is 0 Å². The summed E-state index contributed by atoms with van der Waals surface area (Å²) in [5.74, 6) is 5.15. The van der Waals surface area contributed by atoms with Crippen LogP contribution in [-0.2, 0) is 11.0 Å². The van der Waals surface area contributed by atoms with Crippen LogP contribution in [0.1, 0.15) is 11.1 Å². The Bertz CT molecular complexity index is 1180. The molecule has 11 nitrogen and oxygen atoms in total. The van der Waals surface area contributed by atoms with Crippen LogP contribution in [0.15, 0.2) is 58.8 Å². The summed E-state index contributed by atoms with van der Waals surface area (Å²) in [4.78, 5) is 22.2. The van der Waals surface area contributed by atoms with Crippen LogP contribution in [0.3, 0.4) is 0 Å².